The first kappa shape index (κ1) is 17.8. The van der Waals surface area contributed by atoms with Gasteiger partial charge in [0.25, 0.3) is 0 Å². The van der Waals surface area contributed by atoms with Crippen molar-refractivity contribution in [3.05, 3.63) is 33.8 Å². The lowest BCUT2D eigenvalue weighted by molar-refractivity contribution is -0.135. The van der Waals surface area contributed by atoms with E-state index in [1.165, 1.54) is 9.80 Å². The van der Waals surface area contributed by atoms with Gasteiger partial charge in [0.1, 0.15) is 11.6 Å². The van der Waals surface area contributed by atoms with E-state index < -0.39 is 17.7 Å². The van der Waals surface area contributed by atoms with Crippen LogP contribution in [0.4, 0.5) is 4.79 Å². The number of amides is 2. The van der Waals surface area contributed by atoms with E-state index in [1.807, 2.05) is 39.0 Å². The summed E-state index contributed by atoms with van der Waals surface area (Å²) < 4.78 is 6.44. The number of hydrogen-bond donors (Lipinski definition) is 0. The monoisotopic (exact) mass is 382 g/mol. The first-order valence-electron chi connectivity index (χ1n) is 7.56. The Balaban J connectivity index is 2.35. The standard InChI is InChI=1S/C17H23BrN2O3/c1-17(2,3)23-16(22)20-10-12-8-13(18)7-6-11(12)9-14(20)15(21)19(4)5/h6-8,14H,9-10H2,1-5H3/t14-/m1/s1. The van der Waals surface area contributed by atoms with Crippen LogP contribution in [-0.2, 0) is 22.5 Å². The van der Waals surface area contributed by atoms with Crippen LogP contribution in [0.2, 0.25) is 0 Å². The molecule has 6 heteroatoms. The summed E-state index contributed by atoms with van der Waals surface area (Å²) >= 11 is 3.45. The number of fused-ring (bicyclic) bond motifs is 1. The van der Waals surface area contributed by atoms with Crippen molar-refractivity contribution in [1.29, 1.82) is 0 Å². The Hall–Kier alpha value is -1.56. The highest BCUT2D eigenvalue weighted by molar-refractivity contribution is 9.10. The number of benzene rings is 1. The first-order chi connectivity index (χ1) is 10.6. The van der Waals surface area contributed by atoms with Crippen LogP contribution < -0.4 is 0 Å². The maximum absolute atomic E-state index is 12.6. The molecular formula is C17H23BrN2O3. The van der Waals surface area contributed by atoms with Crippen LogP contribution in [0.3, 0.4) is 0 Å². The Morgan fingerprint density at radius 3 is 2.48 bits per heavy atom. The largest absolute Gasteiger partial charge is 0.444 e. The Morgan fingerprint density at radius 2 is 1.91 bits per heavy atom. The zero-order valence-corrected chi connectivity index (χ0v) is 15.8. The molecule has 2 rings (SSSR count). The molecule has 0 unspecified atom stereocenters. The van der Waals surface area contributed by atoms with Crippen LogP contribution in [0.25, 0.3) is 0 Å². The molecule has 1 aromatic rings. The van der Waals surface area contributed by atoms with Crippen molar-refractivity contribution in [1.82, 2.24) is 9.80 Å². The predicted octanol–water partition coefficient (Wildman–Crippen LogP) is 3.20. The Morgan fingerprint density at radius 1 is 1.26 bits per heavy atom. The molecule has 0 bridgehead atoms. The van der Waals surface area contributed by atoms with Crippen LogP contribution in [0.1, 0.15) is 31.9 Å². The molecule has 23 heavy (non-hydrogen) atoms. The van der Waals surface area contributed by atoms with Gasteiger partial charge in [-0.2, -0.15) is 0 Å². The van der Waals surface area contributed by atoms with Gasteiger partial charge in [-0.15, -0.1) is 0 Å². The van der Waals surface area contributed by atoms with E-state index in [0.717, 1.165) is 15.6 Å². The van der Waals surface area contributed by atoms with Gasteiger partial charge >= 0.3 is 6.09 Å². The van der Waals surface area contributed by atoms with Gasteiger partial charge in [-0.05, 0) is 44.0 Å². The van der Waals surface area contributed by atoms with Gasteiger partial charge in [0.2, 0.25) is 5.91 Å². The molecule has 0 saturated heterocycles. The second-order valence-electron chi connectivity index (χ2n) is 6.97. The SMILES string of the molecule is CN(C)C(=O)[C@H]1Cc2ccc(Br)cc2CN1C(=O)OC(C)(C)C. The quantitative estimate of drug-likeness (QED) is 0.749. The van der Waals surface area contributed by atoms with Crippen molar-refractivity contribution >= 4 is 27.9 Å². The molecule has 0 radical (unpaired) electrons. The second kappa shape index (κ2) is 6.51. The molecule has 1 aromatic carbocycles. The molecule has 0 aliphatic carbocycles. The van der Waals surface area contributed by atoms with Crippen LogP contribution in [0.15, 0.2) is 22.7 Å². The molecule has 1 heterocycles. The van der Waals surface area contributed by atoms with Crippen molar-refractivity contribution < 1.29 is 14.3 Å². The highest BCUT2D eigenvalue weighted by atomic mass is 79.9. The fraction of sp³-hybridized carbons (Fsp3) is 0.529. The van der Waals surface area contributed by atoms with Crippen LogP contribution >= 0.6 is 15.9 Å². The van der Waals surface area contributed by atoms with Crippen molar-refractivity contribution in [3.8, 4) is 0 Å². The minimum absolute atomic E-state index is 0.0931. The molecule has 1 atom stereocenters. The number of carbonyl (C=O) groups is 2. The van der Waals surface area contributed by atoms with Gasteiger partial charge in [0.05, 0.1) is 6.54 Å². The molecule has 5 nitrogen and oxygen atoms in total. The summed E-state index contributed by atoms with van der Waals surface area (Å²) in [7, 11) is 3.40. The maximum Gasteiger partial charge on any atom is 0.411 e. The number of rotatable bonds is 1. The highest BCUT2D eigenvalue weighted by Gasteiger charge is 2.37. The number of halogens is 1. The maximum atomic E-state index is 12.6. The van der Waals surface area contributed by atoms with E-state index >= 15 is 0 Å². The smallest absolute Gasteiger partial charge is 0.411 e. The van der Waals surface area contributed by atoms with Gasteiger partial charge in [-0.25, -0.2) is 4.79 Å². The number of nitrogens with zero attached hydrogens (tertiary/aromatic N) is 2. The molecular weight excluding hydrogens is 360 g/mol. The fourth-order valence-electron chi connectivity index (χ4n) is 2.58. The zero-order chi connectivity index (χ0) is 17.4. The number of likely N-dealkylation sites (N-methyl/N-ethyl adjacent to an activating group) is 1. The third-order valence-electron chi connectivity index (χ3n) is 3.65. The van der Waals surface area contributed by atoms with Gasteiger partial charge in [-0.1, -0.05) is 22.0 Å². The minimum Gasteiger partial charge on any atom is -0.444 e. The first-order valence-corrected chi connectivity index (χ1v) is 8.36. The molecule has 126 valence electrons. The Labute approximate surface area is 145 Å². The fourth-order valence-corrected chi connectivity index (χ4v) is 2.99. The van der Waals surface area contributed by atoms with Crippen LogP contribution in [0.5, 0.6) is 0 Å². The van der Waals surface area contributed by atoms with Gasteiger partial charge in [-0.3, -0.25) is 9.69 Å². The number of hydrogen-bond acceptors (Lipinski definition) is 3. The third kappa shape index (κ3) is 4.25. The van der Waals surface area contributed by atoms with Crippen molar-refractivity contribution in [3.63, 3.8) is 0 Å². The second-order valence-corrected chi connectivity index (χ2v) is 7.89. The number of carbonyl (C=O) groups excluding carboxylic acids is 2. The molecule has 1 aliphatic rings. The normalized spacial score (nSPS) is 17.5. The van der Waals surface area contributed by atoms with Gasteiger partial charge in [0, 0.05) is 25.0 Å². The van der Waals surface area contributed by atoms with E-state index in [-0.39, 0.29) is 5.91 Å². The molecule has 0 saturated carbocycles. The lowest BCUT2D eigenvalue weighted by Gasteiger charge is -2.38. The Bertz CT molecular complexity index is 623. The van der Waals surface area contributed by atoms with E-state index in [0.29, 0.717) is 13.0 Å². The minimum atomic E-state index is -0.597. The molecule has 0 fully saturated rings. The van der Waals surface area contributed by atoms with E-state index in [1.54, 1.807) is 14.1 Å². The van der Waals surface area contributed by atoms with Crippen LogP contribution in [-0.4, -0.2) is 47.5 Å². The summed E-state index contributed by atoms with van der Waals surface area (Å²) in [6.07, 6.45) is 0.0436. The van der Waals surface area contributed by atoms with E-state index in [2.05, 4.69) is 15.9 Å². The summed E-state index contributed by atoms with van der Waals surface area (Å²) in [6, 6.07) is 5.41. The van der Waals surface area contributed by atoms with Gasteiger partial charge < -0.3 is 9.64 Å². The summed E-state index contributed by atoms with van der Waals surface area (Å²) in [4.78, 5) is 28.1. The molecule has 0 aromatic heterocycles. The van der Waals surface area contributed by atoms with Crippen molar-refractivity contribution in [2.75, 3.05) is 14.1 Å². The zero-order valence-electron chi connectivity index (χ0n) is 14.2. The average Bonchev–Trinajstić information content (AvgIpc) is 2.43. The predicted molar refractivity (Wildman–Crippen MR) is 92.1 cm³/mol. The lowest BCUT2D eigenvalue weighted by Crippen LogP contribution is -2.53. The molecule has 2 amide bonds. The summed E-state index contributed by atoms with van der Waals surface area (Å²) in [5.41, 5.74) is 1.53. The number of ether oxygens (including phenoxy) is 1. The lowest BCUT2D eigenvalue weighted by atomic mass is 9.93. The molecule has 0 N–H and O–H groups in total. The van der Waals surface area contributed by atoms with Crippen molar-refractivity contribution in [2.45, 2.75) is 45.4 Å². The Kier molecular flexibility index (Phi) is 5.04. The van der Waals surface area contributed by atoms with E-state index in [9.17, 15) is 9.59 Å². The van der Waals surface area contributed by atoms with E-state index in [4.69, 9.17) is 4.74 Å². The summed E-state index contributed by atoms with van der Waals surface area (Å²) in [5, 5.41) is 0. The third-order valence-corrected chi connectivity index (χ3v) is 4.15. The van der Waals surface area contributed by atoms with Crippen LogP contribution in [0, 0.1) is 0 Å². The highest BCUT2D eigenvalue weighted by Crippen LogP contribution is 2.28. The average molecular weight is 383 g/mol. The molecule has 0 spiro atoms. The van der Waals surface area contributed by atoms with Gasteiger partial charge in [0.15, 0.2) is 0 Å². The van der Waals surface area contributed by atoms with Crippen molar-refractivity contribution in [2.24, 2.45) is 0 Å². The topological polar surface area (TPSA) is 49.9 Å². The molecule has 1 aliphatic heterocycles. The summed E-state index contributed by atoms with van der Waals surface area (Å²) in [6.45, 7) is 5.83. The summed E-state index contributed by atoms with van der Waals surface area (Å²) in [5.74, 6) is -0.0931.